The summed E-state index contributed by atoms with van der Waals surface area (Å²) < 4.78 is 17.0. The molecule has 3 rings (SSSR count). The zero-order chi connectivity index (χ0) is 18.8. The lowest BCUT2D eigenvalue weighted by atomic mass is 9.89. The summed E-state index contributed by atoms with van der Waals surface area (Å²) in [5, 5.41) is 23.5. The molecule has 0 saturated carbocycles. The third kappa shape index (κ3) is 3.37. The van der Waals surface area contributed by atoms with Gasteiger partial charge in [-0.25, -0.2) is 0 Å². The first-order valence-electron chi connectivity index (χ1n) is 8.25. The number of rotatable bonds is 5. The predicted molar refractivity (Wildman–Crippen MR) is 107 cm³/mol. The monoisotopic (exact) mass is 471 g/mol. The van der Waals surface area contributed by atoms with E-state index in [1.54, 1.807) is 27.4 Å². The molecule has 0 fully saturated rings. The second-order valence-electron chi connectivity index (χ2n) is 6.12. The highest BCUT2D eigenvalue weighted by Crippen LogP contribution is 2.42. The Hall–Kier alpha value is -1.87. The van der Waals surface area contributed by atoms with Gasteiger partial charge in [0.1, 0.15) is 0 Å². The van der Waals surface area contributed by atoms with Crippen molar-refractivity contribution in [1.29, 1.82) is 0 Å². The lowest BCUT2D eigenvalue weighted by Gasteiger charge is -2.29. The van der Waals surface area contributed by atoms with Gasteiger partial charge in [0.15, 0.2) is 23.0 Å². The number of benzene rings is 2. The molecule has 0 amide bonds. The standard InChI is InChI=1S/C19H22INO5/c1-24-15-7-10(8-16(25-2)19(15)26-3)6-13-12-9-14(22)18(23)17(20)11(12)4-5-21-13/h7-9,13,21-23H,4-6H2,1-3H3/t13-/m0/s1. The Morgan fingerprint density at radius 3 is 2.31 bits per heavy atom. The van der Waals surface area contributed by atoms with E-state index in [0.29, 0.717) is 27.2 Å². The van der Waals surface area contributed by atoms with Crippen LogP contribution in [-0.2, 0) is 12.8 Å². The fourth-order valence-corrected chi connectivity index (χ4v) is 4.26. The van der Waals surface area contributed by atoms with Crippen LogP contribution in [0.25, 0.3) is 0 Å². The van der Waals surface area contributed by atoms with E-state index in [1.165, 1.54) is 0 Å². The molecule has 1 aliphatic rings. The predicted octanol–water partition coefficient (Wildman–Crippen LogP) is 3.16. The molecule has 0 bridgehead atoms. The maximum atomic E-state index is 10.0. The van der Waals surface area contributed by atoms with E-state index < -0.39 is 0 Å². The maximum Gasteiger partial charge on any atom is 0.203 e. The minimum absolute atomic E-state index is 0.0153. The van der Waals surface area contributed by atoms with Crippen molar-refractivity contribution in [2.24, 2.45) is 0 Å². The number of methoxy groups -OCH3 is 3. The van der Waals surface area contributed by atoms with Gasteiger partial charge in [-0.05, 0) is 76.9 Å². The Balaban J connectivity index is 1.99. The zero-order valence-corrected chi connectivity index (χ0v) is 17.1. The minimum Gasteiger partial charge on any atom is -0.504 e. The van der Waals surface area contributed by atoms with E-state index in [4.69, 9.17) is 14.2 Å². The molecule has 7 heteroatoms. The third-order valence-corrected chi connectivity index (χ3v) is 5.82. The molecular formula is C19H22INO5. The zero-order valence-electron chi connectivity index (χ0n) is 14.9. The first-order valence-corrected chi connectivity index (χ1v) is 9.33. The molecule has 0 aliphatic carbocycles. The Morgan fingerprint density at radius 2 is 1.73 bits per heavy atom. The van der Waals surface area contributed by atoms with E-state index in [1.807, 2.05) is 12.1 Å². The van der Waals surface area contributed by atoms with E-state index >= 15 is 0 Å². The average molecular weight is 471 g/mol. The summed E-state index contributed by atoms with van der Waals surface area (Å²) in [6, 6.07) is 5.54. The quantitative estimate of drug-likeness (QED) is 0.460. The lowest BCUT2D eigenvalue weighted by molar-refractivity contribution is 0.323. The molecule has 0 aromatic heterocycles. The lowest BCUT2D eigenvalue weighted by Crippen LogP contribution is -2.31. The van der Waals surface area contributed by atoms with Crippen LogP contribution >= 0.6 is 22.6 Å². The van der Waals surface area contributed by atoms with Crippen molar-refractivity contribution in [3.8, 4) is 28.7 Å². The molecule has 26 heavy (non-hydrogen) atoms. The van der Waals surface area contributed by atoms with E-state index in [9.17, 15) is 10.2 Å². The number of ether oxygens (including phenoxy) is 3. The normalized spacial score (nSPS) is 16.1. The van der Waals surface area contributed by atoms with Crippen LogP contribution in [0, 0.1) is 3.57 Å². The molecule has 1 atom stereocenters. The van der Waals surface area contributed by atoms with Gasteiger partial charge in [-0.15, -0.1) is 0 Å². The Kier molecular flexibility index (Phi) is 5.67. The minimum atomic E-state index is -0.0910. The van der Waals surface area contributed by atoms with Gasteiger partial charge >= 0.3 is 0 Å². The second-order valence-corrected chi connectivity index (χ2v) is 7.20. The highest BCUT2D eigenvalue weighted by molar-refractivity contribution is 14.1. The van der Waals surface area contributed by atoms with Crippen LogP contribution in [0.4, 0.5) is 0 Å². The van der Waals surface area contributed by atoms with Gasteiger partial charge in [-0.2, -0.15) is 0 Å². The summed E-state index contributed by atoms with van der Waals surface area (Å²) in [5.74, 6) is 1.65. The average Bonchev–Trinajstić information content (AvgIpc) is 2.66. The van der Waals surface area contributed by atoms with Crippen molar-refractivity contribution in [3.05, 3.63) is 38.5 Å². The van der Waals surface area contributed by atoms with Gasteiger partial charge in [-0.3, -0.25) is 0 Å². The second kappa shape index (κ2) is 7.79. The number of halogens is 1. The highest BCUT2D eigenvalue weighted by atomic mass is 127. The van der Waals surface area contributed by atoms with Crippen molar-refractivity contribution in [2.45, 2.75) is 18.9 Å². The summed E-state index contributed by atoms with van der Waals surface area (Å²) in [6.07, 6.45) is 1.50. The van der Waals surface area contributed by atoms with Crippen LogP contribution in [0.1, 0.15) is 22.7 Å². The molecule has 1 heterocycles. The molecule has 1 aliphatic heterocycles. The molecule has 3 N–H and O–H groups in total. The summed E-state index contributed by atoms with van der Waals surface area (Å²) in [5.41, 5.74) is 3.11. The Labute approximate surface area is 166 Å². The molecule has 140 valence electrons. The maximum absolute atomic E-state index is 10.0. The molecule has 0 saturated heterocycles. The summed E-state index contributed by atoms with van der Waals surface area (Å²) in [6.45, 7) is 0.808. The van der Waals surface area contributed by atoms with Crippen LogP contribution in [0.2, 0.25) is 0 Å². The number of phenols is 2. The van der Waals surface area contributed by atoms with Crippen LogP contribution < -0.4 is 19.5 Å². The molecule has 0 spiro atoms. The number of aromatic hydroxyl groups is 2. The van der Waals surface area contributed by atoms with Gasteiger partial charge in [0.05, 0.1) is 24.9 Å². The summed E-state index contributed by atoms with van der Waals surface area (Å²) in [7, 11) is 4.77. The molecule has 0 unspecified atom stereocenters. The van der Waals surface area contributed by atoms with Crippen LogP contribution in [-0.4, -0.2) is 38.1 Å². The Bertz CT molecular complexity index is 799. The molecule has 2 aromatic carbocycles. The SMILES string of the molecule is COc1cc(C[C@@H]2NCCc3c2cc(O)c(O)c3I)cc(OC)c1OC. The summed E-state index contributed by atoms with van der Waals surface area (Å²) in [4.78, 5) is 0. The van der Waals surface area contributed by atoms with Crippen LogP contribution in [0.15, 0.2) is 18.2 Å². The van der Waals surface area contributed by atoms with Gasteiger partial charge in [0.25, 0.3) is 0 Å². The van der Waals surface area contributed by atoms with Gasteiger partial charge in [0, 0.05) is 6.04 Å². The number of hydrogen-bond acceptors (Lipinski definition) is 6. The first-order chi connectivity index (χ1) is 12.5. The van der Waals surface area contributed by atoms with Crippen LogP contribution in [0.5, 0.6) is 28.7 Å². The number of fused-ring (bicyclic) bond motifs is 1. The van der Waals surface area contributed by atoms with Crippen molar-refractivity contribution >= 4 is 22.6 Å². The van der Waals surface area contributed by atoms with Gasteiger partial charge in [0.2, 0.25) is 5.75 Å². The van der Waals surface area contributed by atoms with Crippen molar-refractivity contribution in [1.82, 2.24) is 5.32 Å². The fourth-order valence-electron chi connectivity index (χ4n) is 3.40. The molecular weight excluding hydrogens is 449 g/mol. The first kappa shape index (κ1) is 18.9. The van der Waals surface area contributed by atoms with E-state index in [-0.39, 0.29) is 17.5 Å². The van der Waals surface area contributed by atoms with Gasteiger partial charge < -0.3 is 29.7 Å². The van der Waals surface area contributed by atoms with Gasteiger partial charge in [-0.1, -0.05) is 0 Å². The topological polar surface area (TPSA) is 80.2 Å². The number of nitrogens with one attached hydrogen (secondary N) is 1. The van der Waals surface area contributed by atoms with Crippen molar-refractivity contribution in [2.75, 3.05) is 27.9 Å². The van der Waals surface area contributed by atoms with Crippen LogP contribution in [0.3, 0.4) is 0 Å². The van der Waals surface area contributed by atoms with E-state index in [2.05, 4.69) is 27.9 Å². The fraction of sp³-hybridized carbons (Fsp3) is 0.368. The molecule has 2 aromatic rings. The third-order valence-electron chi connectivity index (χ3n) is 4.66. The van der Waals surface area contributed by atoms with Crippen molar-refractivity contribution in [3.63, 3.8) is 0 Å². The molecule has 0 radical (unpaired) electrons. The number of hydrogen-bond donors (Lipinski definition) is 3. The Morgan fingerprint density at radius 1 is 1.08 bits per heavy atom. The smallest absolute Gasteiger partial charge is 0.203 e. The largest absolute Gasteiger partial charge is 0.504 e. The molecule has 6 nitrogen and oxygen atoms in total. The van der Waals surface area contributed by atoms with E-state index in [0.717, 1.165) is 29.7 Å². The highest BCUT2D eigenvalue weighted by Gasteiger charge is 2.26. The number of phenolic OH excluding ortho intramolecular Hbond substituents is 2. The van der Waals surface area contributed by atoms with Crippen molar-refractivity contribution < 1.29 is 24.4 Å². The summed E-state index contributed by atoms with van der Waals surface area (Å²) >= 11 is 2.09.